The van der Waals surface area contributed by atoms with Crippen molar-refractivity contribution in [2.45, 2.75) is 38.6 Å². The number of aliphatic carboxylic acids is 1. The third kappa shape index (κ3) is 5.65. The van der Waals surface area contributed by atoms with E-state index < -0.39 is 12.0 Å². The Bertz CT molecular complexity index is 470. The normalized spacial score (nSPS) is 11.7. The van der Waals surface area contributed by atoms with Crippen LogP contribution in [-0.2, 0) is 20.8 Å². The van der Waals surface area contributed by atoms with Crippen molar-refractivity contribution >= 4 is 17.7 Å². The van der Waals surface area contributed by atoms with Crippen molar-refractivity contribution in [3.63, 3.8) is 0 Å². The fourth-order valence-corrected chi connectivity index (χ4v) is 1.77. The van der Waals surface area contributed by atoms with Gasteiger partial charge in [-0.15, -0.1) is 0 Å². The minimum atomic E-state index is -1.12. The summed E-state index contributed by atoms with van der Waals surface area (Å²) in [6.07, 6.45) is 0.804. The molecule has 1 atom stereocenters. The molecule has 0 spiro atoms. The van der Waals surface area contributed by atoms with Crippen LogP contribution in [0, 0.1) is 0 Å². The molecule has 0 aromatic heterocycles. The molecule has 0 aliphatic heterocycles. The Hall–Kier alpha value is -2.17. The summed E-state index contributed by atoms with van der Waals surface area (Å²) < 4.78 is 0. The van der Waals surface area contributed by atoms with Crippen molar-refractivity contribution < 1.29 is 19.5 Å². The van der Waals surface area contributed by atoms with E-state index in [9.17, 15) is 14.4 Å². The zero-order valence-corrected chi connectivity index (χ0v) is 11.5. The summed E-state index contributed by atoms with van der Waals surface area (Å²) in [6.45, 7) is 1.73. The summed E-state index contributed by atoms with van der Waals surface area (Å²) in [5.41, 5.74) is 0.818. The quantitative estimate of drug-likeness (QED) is 0.755. The van der Waals surface area contributed by atoms with Gasteiger partial charge in [-0.3, -0.25) is 9.59 Å². The maximum atomic E-state index is 11.8. The summed E-state index contributed by atoms with van der Waals surface area (Å²) in [5, 5.41) is 11.5. The van der Waals surface area contributed by atoms with Gasteiger partial charge in [0, 0.05) is 12.8 Å². The minimum Gasteiger partial charge on any atom is -0.480 e. The standard InChI is InChI=1S/C15H19NO4/c1-2-12(17)8-9-13(15(19)20)16-14(18)10-11-6-4-3-5-7-11/h3-7,13H,2,8-10H2,1H3,(H,16,18)(H,19,20)/t13-/m1/s1. The number of benzene rings is 1. The average Bonchev–Trinajstić information content (AvgIpc) is 2.43. The van der Waals surface area contributed by atoms with Crippen LogP contribution in [-0.4, -0.2) is 28.8 Å². The van der Waals surface area contributed by atoms with Crippen LogP contribution in [0.4, 0.5) is 0 Å². The molecule has 2 N–H and O–H groups in total. The van der Waals surface area contributed by atoms with Crippen molar-refractivity contribution in [1.29, 1.82) is 0 Å². The summed E-state index contributed by atoms with van der Waals surface area (Å²) in [5.74, 6) is -1.48. The van der Waals surface area contributed by atoms with E-state index in [0.29, 0.717) is 6.42 Å². The number of carboxylic acid groups (broad SMARTS) is 1. The lowest BCUT2D eigenvalue weighted by molar-refractivity contribution is -0.142. The van der Waals surface area contributed by atoms with E-state index in [2.05, 4.69) is 5.32 Å². The second-order valence-electron chi connectivity index (χ2n) is 4.55. The third-order valence-electron chi connectivity index (χ3n) is 2.95. The highest BCUT2D eigenvalue weighted by molar-refractivity contribution is 5.85. The lowest BCUT2D eigenvalue weighted by Gasteiger charge is -2.14. The Morgan fingerprint density at radius 2 is 1.85 bits per heavy atom. The molecule has 1 aromatic rings. The fraction of sp³-hybridized carbons (Fsp3) is 0.400. The number of nitrogens with one attached hydrogen (secondary N) is 1. The zero-order valence-electron chi connectivity index (χ0n) is 11.5. The van der Waals surface area contributed by atoms with Crippen molar-refractivity contribution in [3.05, 3.63) is 35.9 Å². The Labute approximate surface area is 118 Å². The molecule has 0 bridgehead atoms. The van der Waals surface area contributed by atoms with Gasteiger partial charge in [0.05, 0.1) is 6.42 Å². The Balaban J connectivity index is 2.50. The number of carbonyl (C=O) groups excluding carboxylic acids is 2. The number of amides is 1. The summed E-state index contributed by atoms with van der Waals surface area (Å²) in [6, 6.07) is 8.07. The van der Waals surface area contributed by atoms with E-state index in [1.807, 2.05) is 18.2 Å². The molecule has 0 saturated carbocycles. The van der Waals surface area contributed by atoms with E-state index in [0.717, 1.165) is 5.56 Å². The maximum Gasteiger partial charge on any atom is 0.326 e. The van der Waals surface area contributed by atoms with Crippen molar-refractivity contribution in [1.82, 2.24) is 5.32 Å². The predicted molar refractivity (Wildman–Crippen MR) is 74.2 cm³/mol. The van der Waals surface area contributed by atoms with Gasteiger partial charge < -0.3 is 10.4 Å². The Morgan fingerprint density at radius 1 is 1.20 bits per heavy atom. The van der Waals surface area contributed by atoms with E-state index in [4.69, 9.17) is 5.11 Å². The summed E-state index contributed by atoms with van der Waals surface area (Å²) in [7, 11) is 0. The number of rotatable bonds is 8. The fourth-order valence-electron chi connectivity index (χ4n) is 1.77. The SMILES string of the molecule is CCC(=O)CC[C@@H](NC(=O)Cc1ccccc1)C(=O)O. The highest BCUT2D eigenvalue weighted by atomic mass is 16.4. The van der Waals surface area contributed by atoms with Crippen LogP contribution in [0.2, 0.25) is 0 Å². The molecule has 5 nitrogen and oxygen atoms in total. The third-order valence-corrected chi connectivity index (χ3v) is 2.95. The van der Waals surface area contributed by atoms with Crippen LogP contribution in [0.3, 0.4) is 0 Å². The van der Waals surface area contributed by atoms with E-state index in [1.165, 1.54) is 0 Å². The van der Waals surface area contributed by atoms with Crippen LogP contribution >= 0.6 is 0 Å². The molecule has 0 aliphatic rings. The number of carbonyl (C=O) groups is 3. The first kappa shape index (κ1) is 15.9. The molecule has 1 aromatic carbocycles. The highest BCUT2D eigenvalue weighted by Crippen LogP contribution is 2.03. The van der Waals surface area contributed by atoms with Crippen LogP contribution in [0.1, 0.15) is 31.7 Å². The van der Waals surface area contributed by atoms with Gasteiger partial charge in [-0.25, -0.2) is 4.79 Å². The molecule has 5 heteroatoms. The average molecular weight is 277 g/mol. The first-order valence-electron chi connectivity index (χ1n) is 6.60. The highest BCUT2D eigenvalue weighted by Gasteiger charge is 2.20. The molecule has 1 rings (SSSR count). The predicted octanol–water partition coefficient (Wildman–Crippen LogP) is 1.56. The number of hydrogen-bond donors (Lipinski definition) is 2. The monoisotopic (exact) mass is 277 g/mol. The Morgan fingerprint density at radius 3 is 2.40 bits per heavy atom. The second kappa shape index (κ2) is 8.09. The van der Waals surface area contributed by atoms with Gasteiger partial charge >= 0.3 is 5.97 Å². The molecule has 0 radical (unpaired) electrons. The van der Waals surface area contributed by atoms with Crippen molar-refractivity contribution in [3.8, 4) is 0 Å². The van der Waals surface area contributed by atoms with Crippen LogP contribution < -0.4 is 5.32 Å². The van der Waals surface area contributed by atoms with Gasteiger partial charge in [0.2, 0.25) is 5.91 Å². The zero-order chi connectivity index (χ0) is 15.0. The first-order valence-corrected chi connectivity index (χ1v) is 6.60. The van der Waals surface area contributed by atoms with E-state index in [1.54, 1.807) is 19.1 Å². The smallest absolute Gasteiger partial charge is 0.326 e. The van der Waals surface area contributed by atoms with Gasteiger partial charge in [0.15, 0.2) is 0 Å². The molecule has 0 unspecified atom stereocenters. The van der Waals surface area contributed by atoms with Crippen LogP contribution in [0.25, 0.3) is 0 Å². The molecule has 20 heavy (non-hydrogen) atoms. The minimum absolute atomic E-state index is 0.00596. The molecule has 0 fully saturated rings. The van der Waals surface area contributed by atoms with Gasteiger partial charge in [-0.05, 0) is 12.0 Å². The maximum absolute atomic E-state index is 11.8. The molecule has 108 valence electrons. The lowest BCUT2D eigenvalue weighted by atomic mass is 10.1. The number of carboxylic acids is 1. The molecule has 1 amide bonds. The summed E-state index contributed by atoms with van der Waals surface area (Å²) in [4.78, 5) is 34.1. The number of hydrogen-bond acceptors (Lipinski definition) is 3. The largest absolute Gasteiger partial charge is 0.480 e. The first-order chi connectivity index (χ1) is 9.52. The Kier molecular flexibility index (Phi) is 6.43. The van der Waals surface area contributed by atoms with Gasteiger partial charge in [0.25, 0.3) is 0 Å². The number of Topliss-reactive ketones (excluding diaryl/α,β-unsaturated/α-hetero) is 1. The topological polar surface area (TPSA) is 83.5 Å². The lowest BCUT2D eigenvalue weighted by Crippen LogP contribution is -2.41. The van der Waals surface area contributed by atoms with Crippen molar-refractivity contribution in [2.75, 3.05) is 0 Å². The molecule has 0 heterocycles. The van der Waals surface area contributed by atoms with Crippen molar-refractivity contribution in [2.24, 2.45) is 0 Å². The second-order valence-corrected chi connectivity index (χ2v) is 4.55. The number of ketones is 1. The van der Waals surface area contributed by atoms with Crippen LogP contribution in [0.15, 0.2) is 30.3 Å². The molecule has 0 saturated heterocycles. The molecule has 0 aliphatic carbocycles. The molecular weight excluding hydrogens is 258 g/mol. The van der Waals surface area contributed by atoms with Gasteiger partial charge in [-0.2, -0.15) is 0 Å². The molecular formula is C15H19NO4. The van der Waals surface area contributed by atoms with E-state index >= 15 is 0 Å². The van der Waals surface area contributed by atoms with E-state index in [-0.39, 0.29) is 31.0 Å². The van der Waals surface area contributed by atoms with Gasteiger partial charge in [0.1, 0.15) is 11.8 Å². The summed E-state index contributed by atoms with van der Waals surface area (Å²) >= 11 is 0. The van der Waals surface area contributed by atoms with Gasteiger partial charge in [-0.1, -0.05) is 37.3 Å². The van der Waals surface area contributed by atoms with Crippen LogP contribution in [0.5, 0.6) is 0 Å².